The summed E-state index contributed by atoms with van der Waals surface area (Å²) in [6.45, 7) is 1.20. The van der Waals surface area contributed by atoms with E-state index < -0.39 is 12.1 Å². The van der Waals surface area contributed by atoms with Crippen molar-refractivity contribution in [1.29, 1.82) is 0 Å². The zero-order chi connectivity index (χ0) is 16.0. The summed E-state index contributed by atoms with van der Waals surface area (Å²) in [4.78, 5) is 37.3. The lowest BCUT2D eigenvalue weighted by atomic mass is 9.96. The van der Waals surface area contributed by atoms with Gasteiger partial charge in [0.2, 0.25) is 5.91 Å². The average molecular weight is 301 g/mol. The highest BCUT2D eigenvalue weighted by molar-refractivity contribution is 5.79. The number of urea groups is 1. The predicted molar refractivity (Wildman–Crippen MR) is 74.6 cm³/mol. The SMILES string of the molecule is CN(C)C(=O)N1CCC(C(=O)NCCC(O)C(=O)O)CC1. The van der Waals surface area contributed by atoms with Crippen LogP contribution in [0.1, 0.15) is 19.3 Å². The highest BCUT2D eigenvalue weighted by atomic mass is 16.4. The number of hydrogen-bond acceptors (Lipinski definition) is 4. The smallest absolute Gasteiger partial charge is 0.332 e. The van der Waals surface area contributed by atoms with E-state index >= 15 is 0 Å². The number of likely N-dealkylation sites (tertiary alicyclic amines) is 1. The van der Waals surface area contributed by atoms with Crippen molar-refractivity contribution >= 4 is 17.9 Å². The van der Waals surface area contributed by atoms with E-state index in [9.17, 15) is 14.4 Å². The molecule has 8 heteroatoms. The van der Waals surface area contributed by atoms with Crippen LogP contribution in [-0.4, -0.2) is 77.8 Å². The molecule has 1 saturated heterocycles. The van der Waals surface area contributed by atoms with E-state index in [0.29, 0.717) is 25.9 Å². The number of carboxylic acids is 1. The molecule has 0 bridgehead atoms. The van der Waals surface area contributed by atoms with Crippen LogP contribution in [0.5, 0.6) is 0 Å². The summed E-state index contributed by atoms with van der Waals surface area (Å²) in [6, 6.07) is -0.0570. The second-order valence-electron chi connectivity index (χ2n) is 5.37. The number of nitrogens with zero attached hydrogens (tertiary/aromatic N) is 2. The summed E-state index contributed by atoms with van der Waals surface area (Å²) in [5.74, 6) is -1.61. The number of hydrogen-bond donors (Lipinski definition) is 3. The number of carbonyl (C=O) groups excluding carboxylic acids is 2. The van der Waals surface area contributed by atoms with Crippen molar-refractivity contribution in [3.05, 3.63) is 0 Å². The molecule has 1 fully saturated rings. The number of carboxylic acid groups (broad SMARTS) is 1. The van der Waals surface area contributed by atoms with Crippen molar-refractivity contribution in [2.45, 2.75) is 25.4 Å². The highest BCUT2D eigenvalue weighted by Gasteiger charge is 2.27. The predicted octanol–water partition coefficient (Wildman–Crippen LogP) is -0.668. The number of nitrogens with one attached hydrogen (secondary N) is 1. The van der Waals surface area contributed by atoms with E-state index in [1.807, 2.05) is 0 Å². The Kier molecular flexibility index (Phi) is 6.41. The van der Waals surface area contributed by atoms with E-state index in [0.717, 1.165) is 0 Å². The average Bonchev–Trinajstić information content (AvgIpc) is 2.46. The molecule has 0 aromatic carbocycles. The van der Waals surface area contributed by atoms with Gasteiger partial charge in [0.15, 0.2) is 6.10 Å². The van der Waals surface area contributed by atoms with Gasteiger partial charge < -0.3 is 25.3 Å². The summed E-state index contributed by atoms with van der Waals surface area (Å²) >= 11 is 0. The standard InChI is InChI=1S/C13H23N3O5/c1-15(2)13(21)16-7-4-9(5-8-16)11(18)14-6-3-10(17)12(19)20/h9-10,17H,3-8H2,1-2H3,(H,14,18)(H,19,20). The maximum atomic E-state index is 11.9. The van der Waals surface area contributed by atoms with Crippen LogP contribution in [0.3, 0.4) is 0 Å². The first kappa shape index (κ1) is 17.2. The molecule has 0 aromatic heterocycles. The van der Waals surface area contributed by atoms with Crippen LogP contribution in [0, 0.1) is 5.92 Å². The number of aliphatic hydroxyl groups excluding tert-OH is 1. The monoisotopic (exact) mass is 301 g/mol. The van der Waals surface area contributed by atoms with Crippen molar-refractivity contribution in [2.75, 3.05) is 33.7 Å². The van der Waals surface area contributed by atoms with Gasteiger partial charge in [0.05, 0.1) is 0 Å². The molecule has 21 heavy (non-hydrogen) atoms. The van der Waals surface area contributed by atoms with Crippen LogP contribution in [0.4, 0.5) is 4.79 Å². The summed E-state index contributed by atoms with van der Waals surface area (Å²) in [7, 11) is 3.38. The first-order valence-electron chi connectivity index (χ1n) is 6.97. The molecule has 1 aliphatic rings. The summed E-state index contributed by atoms with van der Waals surface area (Å²) < 4.78 is 0. The van der Waals surface area contributed by atoms with Crippen LogP contribution in [0.2, 0.25) is 0 Å². The van der Waals surface area contributed by atoms with Crippen LogP contribution in [0.25, 0.3) is 0 Å². The minimum Gasteiger partial charge on any atom is -0.479 e. The van der Waals surface area contributed by atoms with Gasteiger partial charge in [-0.1, -0.05) is 0 Å². The Morgan fingerprint density at radius 3 is 2.33 bits per heavy atom. The molecule has 0 aromatic rings. The minimum atomic E-state index is -1.45. The third-order valence-electron chi connectivity index (χ3n) is 3.52. The van der Waals surface area contributed by atoms with Gasteiger partial charge in [-0.3, -0.25) is 4.79 Å². The van der Waals surface area contributed by atoms with Gasteiger partial charge in [0.25, 0.3) is 0 Å². The summed E-state index contributed by atoms with van der Waals surface area (Å²) in [5.41, 5.74) is 0. The largest absolute Gasteiger partial charge is 0.479 e. The molecule has 3 amide bonds. The molecular weight excluding hydrogens is 278 g/mol. The van der Waals surface area contributed by atoms with Gasteiger partial charge in [-0.25, -0.2) is 9.59 Å². The molecule has 1 atom stereocenters. The Morgan fingerprint density at radius 2 is 1.86 bits per heavy atom. The Bertz CT molecular complexity index is 391. The number of rotatable bonds is 5. The normalized spacial score (nSPS) is 17.2. The molecule has 8 nitrogen and oxygen atoms in total. The fourth-order valence-corrected chi connectivity index (χ4v) is 2.22. The third kappa shape index (κ3) is 5.22. The lowest BCUT2D eigenvalue weighted by Crippen LogP contribution is -2.46. The quantitative estimate of drug-likeness (QED) is 0.624. The van der Waals surface area contributed by atoms with E-state index in [1.165, 1.54) is 4.90 Å². The molecule has 1 rings (SSSR count). The van der Waals surface area contributed by atoms with Crippen molar-refractivity contribution in [1.82, 2.24) is 15.1 Å². The Balaban J connectivity index is 2.29. The zero-order valence-electron chi connectivity index (χ0n) is 12.4. The van der Waals surface area contributed by atoms with Crippen molar-refractivity contribution < 1.29 is 24.6 Å². The molecule has 0 saturated carbocycles. The first-order valence-corrected chi connectivity index (χ1v) is 6.97. The Hall–Kier alpha value is -1.83. The highest BCUT2D eigenvalue weighted by Crippen LogP contribution is 2.18. The molecule has 0 radical (unpaired) electrons. The Morgan fingerprint density at radius 1 is 1.29 bits per heavy atom. The second kappa shape index (κ2) is 7.82. The molecule has 120 valence electrons. The summed E-state index contributed by atoms with van der Waals surface area (Å²) in [5, 5.41) is 20.2. The van der Waals surface area contributed by atoms with Crippen LogP contribution >= 0.6 is 0 Å². The molecule has 0 spiro atoms. The Labute approximate surface area is 123 Å². The van der Waals surface area contributed by atoms with Crippen molar-refractivity contribution in [3.8, 4) is 0 Å². The van der Waals surface area contributed by atoms with Crippen molar-refractivity contribution in [2.24, 2.45) is 5.92 Å². The van der Waals surface area contributed by atoms with E-state index in [4.69, 9.17) is 10.2 Å². The number of carbonyl (C=O) groups is 3. The fourth-order valence-electron chi connectivity index (χ4n) is 2.22. The van der Waals surface area contributed by atoms with Crippen LogP contribution < -0.4 is 5.32 Å². The molecule has 1 heterocycles. The van der Waals surface area contributed by atoms with Gasteiger partial charge in [0.1, 0.15) is 0 Å². The first-order chi connectivity index (χ1) is 9.82. The fraction of sp³-hybridized carbons (Fsp3) is 0.769. The van der Waals surface area contributed by atoms with Gasteiger partial charge in [-0.2, -0.15) is 0 Å². The van der Waals surface area contributed by atoms with Gasteiger partial charge in [0, 0.05) is 46.1 Å². The van der Waals surface area contributed by atoms with E-state index in [-0.39, 0.29) is 30.8 Å². The number of aliphatic carboxylic acids is 1. The number of amides is 3. The molecule has 1 unspecified atom stereocenters. The lowest BCUT2D eigenvalue weighted by Gasteiger charge is -2.33. The topological polar surface area (TPSA) is 110 Å². The zero-order valence-corrected chi connectivity index (χ0v) is 12.4. The van der Waals surface area contributed by atoms with Crippen LogP contribution in [0.15, 0.2) is 0 Å². The lowest BCUT2D eigenvalue weighted by molar-refractivity contribution is -0.147. The maximum Gasteiger partial charge on any atom is 0.332 e. The second-order valence-corrected chi connectivity index (χ2v) is 5.37. The molecule has 3 N–H and O–H groups in total. The van der Waals surface area contributed by atoms with Gasteiger partial charge in [-0.15, -0.1) is 0 Å². The number of aliphatic hydroxyl groups is 1. The van der Waals surface area contributed by atoms with E-state index in [2.05, 4.69) is 5.32 Å². The third-order valence-corrected chi connectivity index (χ3v) is 3.52. The molecular formula is C13H23N3O5. The van der Waals surface area contributed by atoms with Crippen molar-refractivity contribution in [3.63, 3.8) is 0 Å². The van der Waals surface area contributed by atoms with E-state index in [1.54, 1.807) is 19.0 Å². The molecule has 1 aliphatic heterocycles. The minimum absolute atomic E-state index is 0.0148. The number of piperidine rings is 1. The maximum absolute atomic E-state index is 11.9. The molecule has 0 aliphatic carbocycles. The van der Waals surface area contributed by atoms with Crippen LogP contribution in [-0.2, 0) is 9.59 Å². The van der Waals surface area contributed by atoms with Gasteiger partial charge >= 0.3 is 12.0 Å². The summed E-state index contributed by atoms with van der Waals surface area (Å²) in [6.07, 6.45) is -0.288. The van der Waals surface area contributed by atoms with Gasteiger partial charge in [-0.05, 0) is 12.8 Å².